The van der Waals surface area contributed by atoms with Crippen molar-refractivity contribution in [2.75, 3.05) is 45.9 Å². The average Bonchev–Trinajstić information content (AvgIpc) is 3.48. The third-order valence-electron chi connectivity index (χ3n) is 11.5. The summed E-state index contributed by atoms with van der Waals surface area (Å²) in [6.07, 6.45) is -19.1. The van der Waals surface area contributed by atoms with Gasteiger partial charge >= 0.3 is 0 Å². The number of alkyl halides is 2. The number of carbonyl (C=O) groups excluding carboxylic acids is 1. The minimum absolute atomic E-state index is 0.226. The summed E-state index contributed by atoms with van der Waals surface area (Å²) in [5, 5.41) is 83.5. The highest BCUT2D eigenvalue weighted by Crippen LogP contribution is 2.35. The Balaban J connectivity index is 1.32. The number of aliphatic hydroxyl groups is 7. The zero-order valence-electron chi connectivity index (χ0n) is 31.5. The zero-order chi connectivity index (χ0) is 41.8. The maximum Gasteiger partial charge on any atom is 0.294 e. The molecule has 1 saturated carbocycles. The summed E-state index contributed by atoms with van der Waals surface area (Å²) in [5.41, 5.74) is 28.8. The predicted molar refractivity (Wildman–Crippen MR) is 190 cm³/mol. The number of nitrogens with two attached hydrogens (primary N) is 5. The molecular weight excluding hydrogens is 770 g/mol. The highest BCUT2D eigenvalue weighted by molar-refractivity contribution is 5.82. The van der Waals surface area contributed by atoms with Crippen LogP contribution < -0.4 is 44.6 Å². The maximum atomic E-state index is 14.1. The van der Waals surface area contributed by atoms with E-state index in [-0.39, 0.29) is 13.0 Å². The molecule has 22 nitrogen and oxygen atoms in total. The van der Waals surface area contributed by atoms with Crippen molar-refractivity contribution in [3.05, 3.63) is 0 Å². The number of amides is 1. The molecule has 1 amide bonds. The first-order valence-corrected chi connectivity index (χ1v) is 19.4. The normalized spacial score (nSPS) is 43.4. The number of aliphatic hydroxyl groups excluding tert-OH is 6. The van der Waals surface area contributed by atoms with Gasteiger partial charge in [0.05, 0.1) is 43.0 Å². The van der Waals surface area contributed by atoms with Gasteiger partial charge in [0, 0.05) is 25.7 Å². The molecule has 332 valence electrons. The molecule has 4 heterocycles. The molecule has 5 fully saturated rings. The first kappa shape index (κ1) is 46.6. The van der Waals surface area contributed by atoms with Gasteiger partial charge in [0.1, 0.15) is 54.9 Å². The van der Waals surface area contributed by atoms with Crippen molar-refractivity contribution in [2.24, 2.45) is 28.7 Å². The molecular formula is C33H62F2N8O14. The Bertz CT molecular complexity index is 1280. The van der Waals surface area contributed by atoms with E-state index in [1.807, 2.05) is 0 Å². The number of halogens is 2. The van der Waals surface area contributed by atoms with Gasteiger partial charge in [0.15, 0.2) is 25.0 Å². The summed E-state index contributed by atoms with van der Waals surface area (Å²) in [5.74, 6) is -5.56. The predicted octanol–water partition coefficient (Wildman–Crippen LogP) is -7.98. The van der Waals surface area contributed by atoms with Gasteiger partial charge in [-0.2, -0.15) is 0 Å². The van der Waals surface area contributed by atoms with Gasteiger partial charge < -0.3 is 109 Å². The maximum absolute atomic E-state index is 14.1. The fraction of sp³-hybridized carbons (Fsp3) is 0.970. The zero-order valence-corrected chi connectivity index (χ0v) is 31.5. The summed E-state index contributed by atoms with van der Waals surface area (Å²) in [4.78, 5) is 12.7. The van der Waals surface area contributed by atoms with Crippen LogP contribution in [-0.2, 0) is 33.2 Å². The molecule has 57 heavy (non-hydrogen) atoms. The van der Waals surface area contributed by atoms with Gasteiger partial charge in [-0.25, -0.2) is 8.78 Å². The SMILES string of the molecule is NC[C@@H]1O[C@H](O[C@H]2[C@@H](O)[C@H](O[C@@H]3[C@@H](O)[C@H](NC(=O)C(O)C(F)(F)CN)C[C@H](N)[C@H]3O[C@H]3O[C@H](CNCC4(O)CCNCC4)CC[C@H]3N)O[C@@H]2CO)[C@H](N)[C@@H](O)[C@@H]1O. The largest absolute Gasteiger partial charge is 0.394 e. The van der Waals surface area contributed by atoms with Crippen molar-refractivity contribution < 1.29 is 77.7 Å². The highest BCUT2D eigenvalue weighted by atomic mass is 19.3. The van der Waals surface area contributed by atoms with E-state index < -0.39 is 141 Å². The molecule has 5 rings (SSSR count). The number of nitrogens with one attached hydrogen (secondary N) is 3. The van der Waals surface area contributed by atoms with Crippen LogP contribution in [0.4, 0.5) is 8.78 Å². The number of rotatable bonds is 16. The smallest absolute Gasteiger partial charge is 0.294 e. The van der Waals surface area contributed by atoms with Crippen molar-refractivity contribution in [3.63, 3.8) is 0 Å². The molecule has 1 unspecified atom stereocenters. The molecule has 24 heteroatoms. The lowest BCUT2D eigenvalue weighted by Gasteiger charge is -2.47. The van der Waals surface area contributed by atoms with Crippen molar-refractivity contribution in [3.8, 4) is 0 Å². The third-order valence-corrected chi connectivity index (χ3v) is 11.5. The second-order valence-electron chi connectivity index (χ2n) is 15.7. The van der Waals surface area contributed by atoms with E-state index in [4.69, 9.17) is 57.1 Å². The van der Waals surface area contributed by atoms with Crippen LogP contribution in [-0.4, -0.2) is 209 Å². The van der Waals surface area contributed by atoms with Gasteiger partial charge in [-0.15, -0.1) is 0 Å². The summed E-state index contributed by atoms with van der Waals surface area (Å²) in [6.45, 7) is -0.265. The molecule has 1 aliphatic carbocycles. The first-order chi connectivity index (χ1) is 26.9. The Kier molecular flexibility index (Phi) is 16.3. The molecule has 4 aliphatic heterocycles. The Morgan fingerprint density at radius 1 is 0.860 bits per heavy atom. The third kappa shape index (κ3) is 10.9. The first-order valence-electron chi connectivity index (χ1n) is 19.4. The molecule has 0 spiro atoms. The van der Waals surface area contributed by atoms with Gasteiger partial charge in [-0.3, -0.25) is 4.79 Å². The fourth-order valence-electron chi connectivity index (χ4n) is 7.84. The lowest BCUT2D eigenvalue weighted by molar-refractivity contribution is -0.290. The topological polar surface area (TPSA) is 380 Å². The van der Waals surface area contributed by atoms with E-state index >= 15 is 0 Å². The lowest BCUT2D eigenvalue weighted by atomic mass is 9.83. The van der Waals surface area contributed by atoms with Crippen LogP contribution in [0.2, 0.25) is 0 Å². The molecule has 0 radical (unpaired) electrons. The Hall–Kier alpha value is -1.47. The second-order valence-corrected chi connectivity index (χ2v) is 15.7. The average molecular weight is 833 g/mol. The van der Waals surface area contributed by atoms with Crippen molar-refractivity contribution in [1.82, 2.24) is 16.0 Å². The molecule has 4 saturated heterocycles. The molecule has 0 aromatic carbocycles. The molecule has 0 aromatic heterocycles. The van der Waals surface area contributed by atoms with Crippen molar-refractivity contribution in [2.45, 2.75) is 154 Å². The number of hydrogen-bond acceptors (Lipinski definition) is 21. The van der Waals surface area contributed by atoms with Gasteiger partial charge in [0.2, 0.25) is 0 Å². The second kappa shape index (κ2) is 19.9. The van der Waals surface area contributed by atoms with Crippen LogP contribution in [0.5, 0.6) is 0 Å². The van der Waals surface area contributed by atoms with Gasteiger partial charge in [0.25, 0.3) is 11.8 Å². The minimum Gasteiger partial charge on any atom is -0.394 e. The fourth-order valence-corrected chi connectivity index (χ4v) is 7.84. The van der Waals surface area contributed by atoms with Crippen LogP contribution in [0.3, 0.4) is 0 Å². The van der Waals surface area contributed by atoms with Crippen LogP contribution in [0.15, 0.2) is 0 Å². The van der Waals surface area contributed by atoms with E-state index in [0.717, 1.165) is 0 Å². The lowest BCUT2D eigenvalue weighted by Crippen LogP contribution is -2.67. The van der Waals surface area contributed by atoms with Crippen LogP contribution in [0.25, 0.3) is 0 Å². The summed E-state index contributed by atoms with van der Waals surface area (Å²) in [6, 6.07) is -4.58. The van der Waals surface area contributed by atoms with E-state index in [2.05, 4.69) is 16.0 Å². The summed E-state index contributed by atoms with van der Waals surface area (Å²) >= 11 is 0. The van der Waals surface area contributed by atoms with E-state index in [1.165, 1.54) is 0 Å². The summed E-state index contributed by atoms with van der Waals surface area (Å²) < 4.78 is 64.1. The van der Waals surface area contributed by atoms with Crippen LogP contribution >= 0.6 is 0 Å². The standard InChI is InChI=1S/C33H62F2N8O14/c34-33(35,11-37)27(49)28(50)43-16-7-15(39)24(55-29-14(38)2-1-13(52-29)9-42-12-32(51)3-5-41-6-4-32)26(20(16)45)57-31-23(48)25(18(10-44)54-31)56-30-19(40)22(47)21(46)17(8-36)53-30/h13-27,29-31,41-42,44-49,51H,1-12,36-40H2,(H,43,50)/t13-,14+,15-,16+,17-,18+,19+,20-,21+,22+,23+,24+,25+,26+,27?,29+,30+,31-/m0/s1. The Labute approximate surface area is 327 Å². The summed E-state index contributed by atoms with van der Waals surface area (Å²) in [7, 11) is 0. The highest BCUT2D eigenvalue weighted by Gasteiger charge is 2.55. The number of piperidine rings is 1. The molecule has 0 aromatic rings. The van der Waals surface area contributed by atoms with E-state index in [9.17, 15) is 49.3 Å². The molecule has 20 N–H and O–H groups in total. The Morgan fingerprint density at radius 2 is 1.51 bits per heavy atom. The van der Waals surface area contributed by atoms with Crippen molar-refractivity contribution in [1.29, 1.82) is 0 Å². The van der Waals surface area contributed by atoms with Gasteiger partial charge in [-0.1, -0.05) is 0 Å². The van der Waals surface area contributed by atoms with Crippen LogP contribution in [0, 0.1) is 0 Å². The molecule has 5 aliphatic rings. The number of carbonyl (C=O) groups is 1. The quantitative estimate of drug-likeness (QED) is 0.0686. The number of ether oxygens (including phenoxy) is 6. The number of hydrogen-bond donors (Lipinski definition) is 15. The van der Waals surface area contributed by atoms with Crippen molar-refractivity contribution >= 4 is 5.91 Å². The van der Waals surface area contributed by atoms with E-state index in [1.54, 1.807) is 0 Å². The van der Waals surface area contributed by atoms with Gasteiger partial charge in [-0.05, 0) is 45.2 Å². The Morgan fingerprint density at radius 3 is 2.16 bits per heavy atom. The van der Waals surface area contributed by atoms with Crippen LogP contribution in [0.1, 0.15) is 32.1 Å². The van der Waals surface area contributed by atoms with E-state index in [0.29, 0.717) is 51.9 Å². The minimum atomic E-state index is -4.00. The monoisotopic (exact) mass is 832 g/mol. The molecule has 18 atom stereocenters. The molecule has 0 bridgehead atoms.